The number of esters is 1. The third-order valence-corrected chi connectivity index (χ3v) is 3.00. The highest BCUT2D eigenvalue weighted by Gasteiger charge is 2.34. The molecule has 0 rings (SSSR count). The minimum atomic E-state index is -0.720. The predicted octanol–water partition coefficient (Wildman–Crippen LogP) is 1.38. The number of nitrogens with one attached hydrogen (secondary N) is 1. The van der Waals surface area contributed by atoms with Gasteiger partial charge in [-0.25, -0.2) is 0 Å². The lowest BCUT2D eigenvalue weighted by atomic mass is 9.97. The van der Waals surface area contributed by atoms with Gasteiger partial charge in [0.15, 0.2) is 0 Å². The van der Waals surface area contributed by atoms with E-state index in [0.29, 0.717) is 39.5 Å². The second-order valence-electron chi connectivity index (χ2n) is 5.44. The van der Waals surface area contributed by atoms with Gasteiger partial charge >= 0.3 is 5.97 Å². The van der Waals surface area contributed by atoms with Crippen molar-refractivity contribution in [3.63, 3.8) is 0 Å². The van der Waals surface area contributed by atoms with Gasteiger partial charge in [-0.2, -0.15) is 0 Å². The van der Waals surface area contributed by atoms with E-state index in [0.717, 1.165) is 6.42 Å². The van der Waals surface area contributed by atoms with Gasteiger partial charge in [-0.1, -0.05) is 0 Å². The average molecular weight is 305 g/mol. The van der Waals surface area contributed by atoms with Crippen molar-refractivity contribution in [2.24, 2.45) is 0 Å². The van der Waals surface area contributed by atoms with Crippen LogP contribution in [0.2, 0.25) is 0 Å². The summed E-state index contributed by atoms with van der Waals surface area (Å²) < 4.78 is 20.7. The Morgan fingerprint density at radius 1 is 1.05 bits per heavy atom. The summed E-state index contributed by atoms with van der Waals surface area (Å²) in [5.41, 5.74) is -0.720. The summed E-state index contributed by atoms with van der Waals surface area (Å²) in [6, 6.07) is 0.193. The molecule has 0 amide bonds. The zero-order valence-electron chi connectivity index (χ0n) is 14.1. The fraction of sp³-hybridized carbons (Fsp3) is 0.933. The molecule has 6 nitrogen and oxygen atoms in total. The molecule has 21 heavy (non-hydrogen) atoms. The second kappa shape index (κ2) is 11.9. The van der Waals surface area contributed by atoms with E-state index in [4.69, 9.17) is 18.9 Å². The summed E-state index contributed by atoms with van der Waals surface area (Å²) >= 11 is 0. The highest BCUT2D eigenvalue weighted by Crippen LogP contribution is 2.13. The number of ether oxygens (including phenoxy) is 4. The Hall–Kier alpha value is -0.690. The molecule has 0 bridgehead atoms. The van der Waals surface area contributed by atoms with E-state index in [9.17, 15) is 4.79 Å². The van der Waals surface area contributed by atoms with Crippen LogP contribution in [0.4, 0.5) is 0 Å². The van der Waals surface area contributed by atoms with E-state index in [2.05, 4.69) is 5.32 Å². The number of methoxy groups -OCH3 is 2. The quantitative estimate of drug-likeness (QED) is 0.409. The molecule has 0 aromatic rings. The van der Waals surface area contributed by atoms with Crippen LogP contribution in [0.15, 0.2) is 0 Å². The maximum absolute atomic E-state index is 11.9. The maximum atomic E-state index is 11.9. The first-order chi connectivity index (χ1) is 9.96. The Morgan fingerprint density at radius 2 is 1.67 bits per heavy atom. The molecule has 6 heteroatoms. The molecule has 1 unspecified atom stereocenters. The molecule has 0 radical (unpaired) electrons. The van der Waals surface area contributed by atoms with Crippen LogP contribution >= 0.6 is 0 Å². The van der Waals surface area contributed by atoms with Gasteiger partial charge in [0.2, 0.25) is 0 Å². The summed E-state index contributed by atoms with van der Waals surface area (Å²) in [6.07, 6.45) is 1.44. The maximum Gasteiger partial charge on any atom is 0.325 e. The van der Waals surface area contributed by atoms with Crippen LogP contribution in [0.3, 0.4) is 0 Å². The zero-order chi connectivity index (χ0) is 16.1. The van der Waals surface area contributed by atoms with Crippen LogP contribution in [-0.4, -0.2) is 64.8 Å². The number of hydrogen-bond donors (Lipinski definition) is 1. The number of carbonyl (C=O) groups is 1. The van der Waals surface area contributed by atoms with Crippen LogP contribution in [-0.2, 0) is 23.7 Å². The Balaban J connectivity index is 3.81. The van der Waals surface area contributed by atoms with Gasteiger partial charge in [-0.05, 0) is 33.6 Å². The molecular weight excluding hydrogens is 274 g/mol. The van der Waals surface area contributed by atoms with Crippen molar-refractivity contribution in [1.29, 1.82) is 0 Å². The van der Waals surface area contributed by atoms with E-state index in [1.165, 1.54) is 7.11 Å². The molecular formula is C15H31NO5. The minimum Gasteiger partial charge on any atom is -0.468 e. The lowest BCUT2D eigenvalue weighted by molar-refractivity contribution is -0.149. The van der Waals surface area contributed by atoms with Gasteiger partial charge in [0.05, 0.1) is 20.3 Å². The van der Waals surface area contributed by atoms with Crippen molar-refractivity contribution >= 4 is 5.97 Å². The Morgan fingerprint density at radius 3 is 2.19 bits per heavy atom. The van der Waals surface area contributed by atoms with Crippen LogP contribution < -0.4 is 5.32 Å². The standard InChI is InChI=1S/C15H31NO5/c1-13(2)16-15(3,14(17)19-5)7-10-21-12-11-20-9-6-8-18-4/h13,16H,6-12H2,1-5H3. The molecule has 0 aromatic heterocycles. The van der Waals surface area contributed by atoms with Gasteiger partial charge in [0, 0.05) is 33.0 Å². The molecule has 0 fully saturated rings. The fourth-order valence-electron chi connectivity index (χ4n) is 2.00. The van der Waals surface area contributed by atoms with Crippen molar-refractivity contribution in [3.05, 3.63) is 0 Å². The number of carbonyl (C=O) groups excluding carboxylic acids is 1. The van der Waals surface area contributed by atoms with Crippen molar-refractivity contribution < 1.29 is 23.7 Å². The highest BCUT2D eigenvalue weighted by atomic mass is 16.5. The molecule has 1 N–H and O–H groups in total. The van der Waals surface area contributed by atoms with Crippen LogP contribution in [0.1, 0.15) is 33.6 Å². The molecule has 1 atom stereocenters. The van der Waals surface area contributed by atoms with E-state index >= 15 is 0 Å². The summed E-state index contributed by atoms with van der Waals surface area (Å²) in [7, 11) is 3.07. The third-order valence-electron chi connectivity index (χ3n) is 3.00. The highest BCUT2D eigenvalue weighted by molar-refractivity contribution is 5.80. The summed E-state index contributed by atoms with van der Waals surface area (Å²) in [6.45, 7) is 8.76. The zero-order valence-corrected chi connectivity index (χ0v) is 14.1. The average Bonchev–Trinajstić information content (AvgIpc) is 2.43. The smallest absolute Gasteiger partial charge is 0.325 e. The summed E-state index contributed by atoms with van der Waals surface area (Å²) in [5.74, 6) is -0.268. The van der Waals surface area contributed by atoms with Crippen molar-refractivity contribution in [2.45, 2.75) is 45.2 Å². The van der Waals surface area contributed by atoms with Gasteiger partial charge in [0.25, 0.3) is 0 Å². The van der Waals surface area contributed by atoms with Gasteiger partial charge in [-0.15, -0.1) is 0 Å². The van der Waals surface area contributed by atoms with Crippen LogP contribution in [0.25, 0.3) is 0 Å². The Kier molecular flexibility index (Phi) is 11.5. The topological polar surface area (TPSA) is 66.0 Å². The molecule has 126 valence electrons. The predicted molar refractivity (Wildman–Crippen MR) is 81.4 cm³/mol. The summed E-state index contributed by atoms with van der Waals surface area (Å²) in [5, 5.41) is 3.23. The molecule has 0 aliphatic carbocycles. The fourth-order valence-corrected chi connectivity index (χ4v) is 2.00. The second-order valence-corrected chi connectivity index (χ2v) is 5.44. The van der Waals surface area contributed by atoms with Gasteiger partial charge in [0.1, 0.15) is 5.54 Å². The van der Waals surface area contributed by atoms with E-state index in [1.807, 2.05) is 20.8 Å². The molecule has 0 aromatic carbocycles. The molecule has 0 saturated carbocycles. The molecule has 0 saturated heterocycles. The van der Waals surface area contributed by atoms with Crippen molar-refractivity contribution in [2.75, 3.05) is 47.3 Å². The van der Waals surface area contributed by atoms with Gasteiger partial charge < -0.3 is 18.9 Å². The van der Waals surface area contributed by atoms with E-state index in [1.54, 1.807) is 7.11 Å². The lowest BCUT2D eigenvalue weighted by Crippen LogP contribution is -2.53. The Labute approximate surface area is 128 Å². The van der Waals surface area contributed by atoms with Crippen LogP contribution in [0, 0.1) is 0 Å². The minimum absolute atomic E-state index is 0.193. The van der Waals surface area contributed by atoms with Crippen molar-refractivity contribution in [3.8, 4) is 0 Å². The first-order valence-corrected chi connectivity index (χ1v) is 7.47. The lowest BCUT2D eigenvalue weighted by Gasteiger charge is -2.30. The molecule has 0 heterocycles. The largest absolute Gasteiger partial charge is 0.468 e. The molecule has 0 aliphatic heterocycles. The first-order valence-electron chi connectivity index (χ1n) is 7.47. The first kappa shape index (κ1) is 20.3. The van der Waals surface area contributed by atoms with Crippen molar-refractivity contribution in [1.82, 2.24) is 5.32 Å². The number of hydrogen-bond acceptors (Lipinski definition) is 6. The van der Waals surface area contributed by atoms with E-state index < -0.39 is 5.54 Å². The van der Waals surface area contributed by atoms with E-state index in [-0.39, 0.29) is 12.0 Å². The molecule has 0 aliphatic rings. The number of rotatable bonds is 13. The third kappa shape index (κ3) is 9.79. The normalized spacial score (nSPS) is 14.2. The monoisotopic (exact) mass is 305 g/mol. The van der Waals surface area contributed by atoms with Crippen LogP contribution in [0.5, 0.6) is 0 Å². The summed E-state index contributed by atoms with van der Waals surface area (Å²) in [4.78, 5) is 11.9. The molecule has 0 spiro atoms. The van der Waals surface area contributed by atoms with Gasteiger partial charge in [-0.3, -0.25) is 10.1 Å². The SMILES string of the molecule is COCCCOCCOCCC(C)(NC(C)C)C(=O)OC. The Bertz CT molecular complexity index is 273.